The molecule has 1 amide bonds. The smallest absolute Gasteiger partial charge is 0.253 e. The SMILES string of the molecule is Cc1cc(F)cc(C(=O)N2CCC(C(=C3CCC3)N3CCCCc4cc(Cl)ccc43)CC2)c1. The van der Waals surface area contributed by atoms with E-state index in [1.54, 1.807) is 11.6 Å². The number of piperidine rings is 1. The Morgan fingerprint density at radius 3 is 2.45 bits per heavy atom. The first-order chi connectivity index (χ1) is 16.0. The average Bonchev–Trinajstić information content (AvgIpc) is 2.97. The van der Waals surface area contributed by atoms with Gasteiger partial charge in [-0.3, -0.25) is 4.79 Å². The largest absolute Gasteiger partial charge is 0.345 e. The number of hydrogen-bond donors (Lipinski definition) is 0. The molecule has 5 heteroatoms. The number of anilines is 1. The quantitative estimate of drug-likeness (QED) is 0.490. The minimum Gasteiger partial charge on any atom is -0.345 e. The van der Waals surface area contributed by atoms with Crippen LogP contribution in [0.15, 0.2) is 47.7 Å². The van der Waals surface area contributed by atoms with Gasteiger partial charge in [-0.2, -0.15) is 0 Å². The van der Waals surface area contributed by atoms with Crippen LogP contribution in [0.2, 0.25) is 5.02 Å². The Morgan fingerprint density at radius 2 is 1.76 bits per heavy atom. The van der Waals surface area contributed by atoms with Gasteiger partial charge in [0.05, 0.1) is 0 Å². The summed E-state index contributed by atoms with van der Waals surface area (Å²) in [6.45, 7) is 4.32. The Labute approximate surface area is 201 Å². The number of fused-ring (bicyclic) bond motifs is 1. The number of amides is 1. The van der Waals surface area contributed by atoms with Crippen molar-refractivity contribution in [1.29, 1.82) is 0 Å². The summed E-state index contributed by atoms with van der Waals surface area (Å²) >= 11 is 6.33. The summed E-state index contributed by atoms with van der Waals surface area (Å²) in [6, 6.07) is 11.0. The molecule has 33 heavy (non-hydrogen) atoms. The standard InChI is InChI=1S/C28H32ClFN2O/c1-19-15-23(18-25(30)16-19)28(33)31-13-10-21(11-14-31)27(20-6-4-7-20)32-12-3-2-5-22-17-24(29)8-9-26(22)32/h8-9,15-18,21H,2-7,10-14H2,1H3. The zero-order valence-corrected chi connectivity index (χ0v) is 20.1. The Kier molecular flexibility index (Phi) is 6.47. The lowest BCUT2D eigenvalue weighted by atomic mass is 9.81. The number of likely N-dealkylation sites (tertiary alicyclic amines) is 1. The zero-order chi connectivity index (χ0) is 22.9. The van der Waals surface area contributed by atoms with Gasteiger partial charge in [-0.15, -0.1) is 0 Å². The van der Waals surface area contributed by atoms with Crippen molar-refractivity contribution in [2.75, 3.05) is 24.5 Å². The van der Waals surface area contributed by atoms with Crippen LogP contribution in [0.5, 0.6) is 0 Å². The molecule has 3 nitrogen and oxygen atoms in total. The van der Waals surface area contributed by atoms with Gasteiger partial charge in [0, 0.05) is 47.5 Å². The van der Waals surface area contributed by atoms with Crippen molar-refractivity contribution in [1.82, 2.24) is 4.90 Å². The highest BCUT2D eigenvalue weighted by Gasteiger charge is 2.33. The summed E-state index contributed by atoms with van der Waals surface area (Å²) in [7, 11) is 0. The number of carbonyl (C=O) groups excluding carboxylic acids is 1. The monoisotopic (exact) mass is 466 g/mol. The molecule has 0 unspecified atom stereocenters. The maximum atomic E-state index is 13.9. The lowest BCUT2D eigenvalue weighted by Gasteiger charge is -2.41. The van der Waals surface area contributed by atoms with Crippen LogP contribution in [0.3, 0.4) is 0 Å². The number of benzene rings is 2. The van der Waals surface area contributed by atoms with Gasteiger partial charge in [-0.05, 0) is 106 Å². The minimum absolute atomic E-state index is 0.0522. The van der Waals surface area contributed by atoms with Crippen molar-refractivity contribution in [3.05, 3.63) is 75.2 Å². The number of carbonyl (C=O) groups is 1. The van der Waals surface area contributed by atoms with Crippen LogP contribution in [0.1, 0.15) is 66.4 Å². The van der Waals surface area contributed by atoms with E-state index in [1.807, 2.05) is 17.9 Å². The first-order valence-corrected chi connectivity index (χ1v) is 12.7. The second-order valence-electron chi connectivity index (χ2n) is 9.81. The Bertz CT molecular complexity index is 1060. The molecule has 2 aliphatic heterocycles. The number of nitrogens with zero attached hydrogens (tertiary/aromatic N) is 2. The van der Waals surface area contributed by atoms with Crippen LogP contribution < -0.4 is 4.90 Å². The predicted octanol–water partition coefficient (Wildman–Crippen LogP) is 6.92. The fourth-order valence-corrected chi connectivity index (χ4v) is 5.88. The van der Waals surface area contributed by atoms with Gasteiger partial charge in [0.2, 0.25) is 0 Å². The lowest BCUT2D eigenvalue weighted by Crippen LogP contribution is -2.41. The van der Waals surface area contributed by atoms with E-state index in [1.165, 1.54) is 61.2 Å². The Morgan fingerprint density at radius 1 is 0.970 bits per heavy atom. The minimum atomic E-state index is -0.342. The maximum Gasteiger partial charge on any atom is 0.253 e. The van der Waals surface area contributed by atoms with Crippen molar-refractivity contribution < 1.29 is 9.18 Å². The first-order valence-electron chi connectivity index (χ1n) is 12.3. The first kappa shape index (κ1) is 22.5. The van der Waals surface area contributed by atoms with Gasteiger partial charge >= 0.3 is 0 Å². The van der Waals surface area contributed by atoms with Gasteiger partial charge in [0.25, 0.3) is 5.91 Å². The zero-order valence-electron chi connectivity index (χ0n) is 19.4. The van der Waals surface area contributed by atoms with Crippen molar-refractivity contribution >= 4 is 23.2 Å². The molecular formula is C28H32ClFN2O. The molecule has 0 spiro atoms. The highest BCUT2D eigenvalue weighted by molar-refractivity contribution is 6.30. The lowest BCUT2D eigenvalue weighted by molar-refractivity contribution is 0.0700. The third-order valence-corrected chi connectivity index (χ3v) is 7.71. The van der Waals surface area contributed by atoms with E-state index in [0.29, 0.717) is 11.5 Å². The fourth-order valence-electron chi connectivity index (χ4n) is 5.68. The molecule has 2 fully saturated rings. The summed E-state index contributed by atoms with van der Waals surface area (Å²) in [4.78, 5) is 17.5. The third-order valence-electron chi connectivity index (χ3n) is 7.48. The van der Waals surface area contributed by atoms with E-state index in [0.717, 1.165) is 49.5 Å². The summed E-state index contributed by atoms with van der Waals surface area (Å²) < 4.78 is 13.9. The number of halogens is 2. The molecule has 174 valence electrons. The molecule has 1 saturated carbocycles. The maximum absolute atomic E-state index is 13.9. The van der Waals surface area contributed by atoms with E-state index in [2.05, 4.69) is 17.0 Å². The van der Waals surface area contributed by atoms with Crippen LogP contribution in [-0.2, 0) is 6.42 Å². The van der Waals surface area contributed by atoms with Crippen LogP contribution in [-0.4, -0.2) is 30.4 Å². The van der Waals surface area contributed by atoms with Gasteiger partial charge in [-0.1, -0.05) is 17.2 Å². The van der Waals surface area contributed by atoms with Gasteiger partial charge in [0.1, 0.15) is 5.82 Å². The summed E-state index contributed by atoms with van der Waals surface area (Å²) in [5, 5.41) is 0.813. The van der Waals surface area contributed by atoms with E-state index >= 15 is 0 Å². The normalized spacial score (nSPS) is 19.1. The molecule has 2 aromatic rings. The van der Waals surface area contributed by atoms with Crippen molar-refractivity contribution in [3.63, 3.8) is 0 Å². The van der Waals surface area contributed by atoms with Crippen molar-refractivity contribution in [2.24, 2.45) is 5.92 Å². The second-order valence-corrected chi connectivity index (χ2v) is 10.2. The van der Waals surface area contributed by atoms with Crippen molar-refractivity contribution in [3.8, 4) is 0 Å². The summed E-state index contributed by atoms with van der Waals surface area (Å²) in [5.74, 6) is 0.0639. The summed E-state index contributed by atoms with van der Waals surface area (Å²) in [6.07, 6.45) is 9.01. The molecular weight excluding hydrogens is 435 g/mol. The van der Waals surface area contributed by atoms with E-state index < -0.39 is 0 Å². The number of aryl methyl sites for hydroxylation is 2. The molecule has 1 saturated heterocycles. The third kappa shape index (κ3) is 4.68. The molecule has 0 atom stereocenters. The summed E-state index contributed by atoms with van der Waals surface area (Å²) in [5.41, 5.74) is 7.03. The number of allylic oxidation sites excluding steroid dienone is 2. The predicted molar refractivity (Wildman–Crippen MR) is 132 cm³/mol. The van der Waals surface area contributed by atoms with Gasteiger partial charge in [-0.25, -0.2) is 4.39 Å². The molecule has 1 aliphatic carbocycles. The Hall–Kier alpha value is -2.33. The van der Waals surface area contributed by atoms with Crippen LogP contribution in [0.25, 0.3) is 0 Å². The Balaban J connectivity index is 1.37. The van der Waals surface area contributed by atoms with Crippen molar-refractivity contribution in [2.45, 2.75) is 58.3 Å². The van der Waals surface area contributed by atoms with Gasteiger partial charge in [0.15, 0.2) is 0 Å². The van der Waals surface area contributed by atoms with Crippen LogP contribution in [0.4, 0.5) is 10.1 Å². The highest BCUT2D eigenvalue weighted by atomic mass is 35.5. The molecule has 2 heterocycles. The van der Waals surface area contributed by atoms with Gasteiger partial charge < -0.3 is 9.80 Å². The molecule has 2 aromatic carbocycles. The highest BCUT2D eigenvalue weighted by Crippen LogP contribution is 2.42. The molecule has 0 N–H and O–H groups in total. The molecule has 0 bridgehead atoms. The van der Waals surface area contributed by atoms with Crippen LogP contribution in [0, 0.1) is 18.7 Å². The second kappa shape index (κ2) is 9.50. The number of rotatable bonds is 3. The van der Waals surface area contributed by atoms with E-state index in [4.69, 9.17) is 11.6 Å². The average molecular weight is 467 g/mol. The fraction of sp³-hybridized carbons (Fsp3) is 0.464. The van der Waals surface area contributed by atoms with E-state index in [-0.39, 0.29) is 11.7 Å². The molecule has 0 radical (unpaired) electrons. The van der Waals surface area contributed by atoms with E-state index in [9.17, 15) is 9.18 Å². The topological polar surface area (TPSA) is 23.6 Å². The number of hydrogen-bond acceptors (Lipinski definition) is 2. The van der Waals surface area contributed by atoms with Crippen LogP contribution >= 0.6 is 11.6 Å². The molecule has 5 rings (SSSR count). The molecule has 0 aromatic heterocycles. The molecule has 3 aliphatic rings.